The fraction of sp³-hybridized carbons (Fsp3) is 0.257. The van der Waals surface area contributed by atoms with E-state index in [0.717, 1.165) is 21.0 Å². The fourth-order valence-corrected chi connectivity index (χ4v) is 6.40. The number of sulfonamides is 1. The highest BCUT2D eigenvalue weighted by Gasteiger charge is 2.34. The molecule has 1 N–H and O–H groups in total. The van der Waals surface area contributed by atoms with Gasteiger partial charge in [-0.1, -0.05) is 78.4 Å². The summed E-state index contributed by atoms with van der Waals surface area (Å²) < 4.78 is 40.3. The van der Waals surface area contributed by atoms with Crippen LogP contribution in [0.2, 0.25) is 0 Å². The third-order valence-corrected chi connectivity index (χ3v) is 9.13. The van der Waals surface area contributed by atoms with Gasteiger partial charge >= 0.3 is 0 Å². The first-order chi connectivity index (χ1) is 21.7. The molecule has 0 fully saturated rings. The topological polar surface area (TPSA) is 105 Å². The quantitative estimate of drug-likeness (QED) is 0.211. The van der Waals surface area contributed by atoms with Crippen molar-refractivity contribution in [3.8, 4) is 11.5 Å². The number of anilines is 1. The first-order valence-electron chi connectivity index (χ1n) is 14.6. The summed E-state index contributed by atoms with van der Waals surface area (Å²) in [6, 6.07) is 29.0. The Morgan fingerprint density at radius 1 is 0.800 bits per heavy atom. The molecule has 0 aliphatic rings. The first kappa shape index (κ1) is 33.1. The van der Waals surface area contributed by atoms with Gasteiger partial charge in [-0.05, 0) is 49.2 Å². The summed E-state index contributed by atoms with van der Waals surface area (Å²) in [6.07, 6.45) is 0.248. The summed E-state index contributed by atoms with van der Waals surface area (Å²) in [4.78, 5) is 29.4. The Balaban J connectivity index is 1.80. The van der Waals surface area contributed by atoms with E-state index >= 15 is 0 Å². The van der Waals surface area contributed by atoms with Crippen LogP contribution in [0.1, 0.15) is 23.6 Å². The summed E-state index contributed by atoms with van der Waals surface area (Å²) in [5.41, 5.74) is 2.91. The number of ether oxygens (including phenoxy) is 2. The Labute approximate surface area is 265 Å². The van der Waals surface area contributed by atoms with E-state index in [0.29, 0.717) is 18.0 Å². The molecule has 0 saturated carbocycles. The van der Waals surface area contributed by atoms with Crippen LogP contribution >= 0.6 is 0 Å². The molecule has 0 aromatic heterocycles. The zero-order valence-electron chi connectivity index (χ0n) is 26.0. The number of nitrogens with zero attached hydrogens (tertiary/aromatic N) is 2. The maximum absolute atomic E-state index is 14.4. The second kappa shape index (κ2) is 15.3. The van der Waals surface area contributed by atoms with Gasteiger partial charge in [0, 0.05) is 25.6 Å². The lowest BCUT2D eigenvalue weighted by Gasteiger charge is -2.34. The maximum Gasteiger partial charge on any atom is 0.264 e. The summed E-state index contributed by atoms with van der Waals surface area (Å²) in [5.74, 6) is -0.251. The van der Waals surface area contributed by atoms with Crippen molar-refractivity contribution in [2.75, 3.05) is 31.6 Å². The predicted molar refractivity (Wildman–Crippen MR) is 175 cm³/mol. The van der Waals surface area contributed by atoms with Crippen LogP contribution in [0.4, 0.5) is 5.69 Å². The summed E-state index contributed by atoms with van der Waals surface area (Å²) >= 11 is 0. The Morgan fingerprint density at radius 3 is 1.98 bits per heavy atom. The number of amides is 2. The van der Waals surface area contributed by atoms with Crippen molar-refractivity contribution in [3.63, 3.8) is 0 Å². The minimum atomic E-state index is -4.29. The largest absolute Gasteiger partial charge is 0.493 e. The third-order valence-electron chi connectivity index (χ3n) is 7.36. The number of carbonyl (C=O) groups excluding carboxylic acids is 2. The Bertz CT molecular complexity index is 1680. The number of methoxy groups -OCH3 is 2. The monoisotopic (exact) mass is 629 g/mol. The van der Waals surface area contributed by atoms with Gasteiger partial charge in [-0.2, -0.15) is 0 Å². The van der Waals surface area contributed by atoms with Crippen LogP contribution in [0.3, 0.4) is 0 Å². The van der Waals surface area contributed by atoms with E-state index in [1.165, 1.54) is 37.3 Å². The molecule has 0 spiro atoms. The molecular formula is C35H39N3O6S. The zero-order valence-corrected chi connectivity index (χ0v) is 26.8. The van der Waals surface area contributed by atoms with Crippen molar-refractivity contribution >= 4 is 27.5 Å². The molecule has 45 heavy (non-hydrogen) atoms. The molecule has 0 aliphatic heterocycles. The molecule has 0 bridgehead atoms. The van der Waals surface area contributed by atoms with Crippen molar-refractivity contribution in [3.05, 3.63) is 120 Å². The van der Waals surface area contributed by atoms with Crippen molar-refractivity contribution in [1.82, 2.24) is 10.2 Å². The van der Waals surface area contributed by atoms with Crippen LogP contribution in [0, 0.1) is 6.92 Å². The average Bonchev–Trinajstić information content (AvgIpc) is 3.06. The average molecular weight is 630 g/mol. The predicted octanol–water partition coefficient (Wildman–Crippen LogP) is 4.98. The molecule has 10 heteroatoms. The van der Waals surface area contributed by atoms with Crippen molar-refractivity contribution < 1.29 is 27.5 Å². The minimum Gasteiger partial charge on any atom is -0.493 e. The smallest absolute Gasteiger partial charge is 0.264 e. The molecule has 0 heterocycles. The van der Waals surface area contributed by atoms with E-state index in [9.17, 15) is 18.0 Å². The van der Waals surface area contributed by atoms with E-state index in [-0.39, 0.29) is 29.5 Å². The lowest BCUT2D eigenvalue weighted by Crippen LogP contribution is -2.53. The van der Waals surface area contributed by atoms with Crippen molar-refractivity contribution in [2.45, 2.75) is 37.8 Å². The number of likely N-dealkylation sites (N-methyl/N-ethyl adjacent to an activating group) is 1. The number of benzene rings is 4. The van der Waals surface area contributed by atoms with Crippen LogP contribution in [0.15, 0.2) is 108 Å². The molecule has 0 aliphatic carbocycles. The molecule has 0 saturated heterocycles. The molecule has 1 unspecified atom stereocenters. The summed E-state index contributed by atoms with van der Waals surface area (Å²) in [5, 5.41) is 2.87. The molecule has 2 amide bonds. The Hall–Kier alpha value is -4.83. The lowest BCUT2D eigenvalue weighted by molar-refractivity contribution is -0.140. The van der Waals surface area contributed by atoms with Crippen LogP contribution in [0.25, 0.3) is 0 Å². The zero-order chi connectivity index (χ0) is 32.4. The van der Waals surface area contributed by atoms with Gasteiger partial charge in [-0.25, -0.2) is 8.42 Å². The molecule has 9 nitrogen and oxygen atoms in total. The van der Waals surface area contributed by atoms with Gasteiger partial charge < -0.3 is 19.7 Å². The number of aryl methyl sites for hydroxylation is 1. The molecule has 4 aromatic rings. The first-order valence-corrected chi connectivity index (χ1v) is 16.1. The molecular weight excluding hydrogens is 590 g/mol. The van der Waals surface area contributed by atoms with E-state index < -0.39 is 28.5 Å². The van der Waals surface area contributed by atoms with Crippen LogP contribution < -0.4 is 19.1 Å². The molecule has 4 rings (SSSR count). The van der Waals surface area contributed by atoms with E-state index in [2.05, 4.69) is 5.32 Å². The number of rotatable bonds is 14. The van der Waals surface area contributed by atoms with Crippen molar-refractivity contribution in [1.29, 1.82) is 0 Å². The highest BCUT2D eigenvalue weighted by Crippen LogP contribution is 2.32. The van der Waals surface area contributed by atoms with Crippen LogP contribution in [-0.4, -0.2) is 58.5 Å². The van der Waals surface area contributed by atoms with Crippen LogP contribution in [-0.2, 0) is 32.6 Å². The lowest BCUT2D eigenvalue weighted by atomic mass is 10.0. The van der Waals surface area contributed by atoms with Gasteiger partial charge in [0.05, 0.1) is 24.8 Å². The number of hydrogen-bond acceptors (Lipinski definition) is 6. The normalized spacial score (nSPS) is 11.7. The maximum atomic E-state index is 14.4. The summed E-state index contributed by atoms with van der Waals surface area (Å²) in [7, 11) is -1.41. The standard InChI is InChI=1S/C35H39N3O6S/c1-5-36-35(40)31(22-27-12-8-6-9-13-27)37(24-28-14-10-7-11-15-28)34(39)25-38(29-18-16-26(2)17-19-29)45(41,42)30-20-21-32(43-3)33(23-30)44-4/h6-21,23,31H,5,22,24-25H2,1-4H3,(H,36,40). The second-order valence-corrected chi connectivity index (χ2v) is 12.3. The fourth-order valence-electron chi connectivity index (χ4n) is 4.97. The number of hydrogen-bond donors (Lipinski definition) is 1. The highest BCUT2D eigenvalue weighted by molar-refractivity contribution is 7.92. The summed E-state index contributed by atoms with van der Waals surface area (Å²) in [6.45, 7) is 3.64. The van der Waals surface area contributed by atoms with Gasteiger partial charge in [0.25, 0.3) is 10.0 Å². The number of nitrogens with one attached hydrogen (secondary N) is 1. The molecule has 4 aromatic carbocycles. The van der Waals surface area contributed by atoms with Crippen molar-refractivity contribution in [2.24, 2.45) is 0 Å². The Morgan fingerprint density at radius 2 is 1.40 bits per heavy atom. The van der Waals surface area contributed by atoms with Gasteiger partial charge in [0.2, 0.25) is 11.8 Å². The van der Waals surface area contributed by atoms with Gasteiger partial charge in [-0.15, -0.1) is 0 Å². The van der Waals surface area contributed by atoms with Gasteiger partial charge in [0.1, 0.15) is 12.6 Å². The number of carbonyl (C=O) groups is 2. The van der Waals surface area contributed by atoms with E-state index in [4.69, 9.17) is 9.47 Å². The van der Waals surface area contributed by atoms with E-state index in [1.807, 2.05) is 74.5 Å². The Kier molecular flexibility index (Phi) is 11.2. The highest BCUT2D eigenvalue weighted by atomic mass is 32.2. The SMILES string of the molecule is CCNC(=O)C(Cc1ccccc1)N(Cc1ccccc1)C(=O)CN(c1ccc(C)cc1)S(=O)(=O)c1ccc(OC)c(OC)c1. The van der Waals surface area contributed by atoms with E-state index in [1.54, 1.807) is 24.3 Å². The third kappa shape index (κ3) is 8.21. The molecule has 1 atom stereocenters. The van der Waals surface area contributed by atoms with Gasteiger partial charge in [0.15, 0.2) is 11.5 Å². The van der Waals surface area contributed by atoms with Gasteiger partial charge in [-0.3, -0.25) is 13.9 Å². The molecule has 0 radical (unpaired) electrons. The molecule has 236 valence electrons. The second-order valence-electron chi connectivity index (χ2n) is 10.5. The van der Waals surface area contributed by atoms with Crippen LogP contribution in [0.5, 0.6) is 11.5 Å². The minimum absolute atomic E-state index is 0.0762.